The average Bonchev–Trinajstić information content (AvgIpc) is 2.39. The van der Waals surface area contributed by atoms with Crippen LogP contribution < -0.4 is 5.32 Å². The highest BCUT2D eigenvalue weighted by Gasteiger charge is 2.07. The number of rotatable bonds is 4. The maximum absolute atomic E-state index is 12.0. The molecule has 2 aromatic carbocycles. The number of para-hydroxylation sites is 1. The number of nitrogens with one attached hydrogen (secondary N) is 1. The number of anilines is 1. The van der Waals surface area contributed by atoms with Gasteiger partial charge in [0.15, 0.2) is 0 Å². The summed E-state index contributed by atoms with van der Waals surface area (Å²) in [6.07, 6.45) is 0.373. The summed E-state index contributed by atoms with van der Waals surface area (Å²) < 4.78 is 0. The summed E-state index contributed by atoms with van der Waals surface area (Å²) in [5.74, 6) is 0.365. The normalized spacial score (nSPS) is 10.2. The van der Waals surface area contributed by atoms with Crippen LogP contribution in [0.4, 0.5) is 5.69 Å². The van der Waals surface area contributed by atoms with E-state index in [1.165, 1.54) is 0 Å². The molecule has 0 radical (unpaired) electrons. The summed E-state index contributed by atoms with van der Waals surface area (Å²) in [4.78, 5) is 12.0. The molecule has 98 valence electrons. The van der Waals surface area contributed by atoms with E-state index in [0.29, 0.717) is 12.3 Å². The zero-order chi connectivity index (χ0) is 13.7. The van der Waals surface area contributed by atoms with Gasteiger partial charge in [0.1, 0.15) is 0 Å². The summed E-state index contributed by atoms with van der Waals surface area (Å²) in [7, 11) is 0. The van der Waals surface area contributed by atoms with E-state index in [4.69, 9.17) is 11.6 Å². The van der Waals surface area contributed by atoms with Crippen molar-refractivity contribution in [3.63, 3.8) is 0 Å². The van der Waals surface area contributed by atoms with E-state index in [1.54, 1.807) is 0 Å². The first-order valence-electron chi connectivity index (χ1n) is 6.18. The minimum absolute atomic E-state index is 0.0248. The standard InChI is InChI=1S/C16H16ClNO/c1-12-5-4-6-13(9-12)10-16(19)18-15-8-3-2-7-14(15)11-17/h2-9H,10-11H2,1H3,(H,18,19). The third-order valence-corrected chi connectivity index (χ3v) is 3.17. The van der Waals surface area contributed by atoms with Crippen molar-refractivity contribution in [1.82, 2.24) is 0 Å². The maximum Gasteiger partial charge on any atom is 0.228 e. The predicted molar refractivity (Wildman–Crippen MR) is 79.5 cm³/mol. The average molecular weight is 274 g/mol. The second-order valence-corrected chi connectivity index (χ2v) is 4.77. The van der Waals surface area contributed by atoms with E-state index in [-0.39, 0.29) is 5.91 Å². The second kappa shape index (κ2) is 6.39. The fourth-order valence-electron chi connectivity index (χ4n) is 1.96. The lowest BCUT2D eigenvalue weighted by molar-refractivity contribution is -0.115. The number of alkyl halides is 1. The molecule has 2 nitrogen and oxygen atoms in total. The molecule has 0 saturated heterocycles. The number of carbonyl (C=O) groups is 1. The van der Waals surface area contributed by atoms with Gasteiger partial charge in [-0.25, -0.2) is 0 Å². The van der Waals surface area contributed by atoms with E-state index >= 15 is 0 Å². The predicted octanol–water partition coefficient (Wildman–Crippen LogP) is 3.92. The first-order valence-corrected chi connectivity index (χ1v) is 6.72. The topological polar surface area (TPSA) is 29.1 Å². The van der Waals surface area contributed by atoms with Crippen LogP contribution in [0.25, 0.3) is 0 Å². The lowest BCUT2D eigenvalue weighted by Gasteiger charge is -2.09. The highest BCUT2D eigenvalue weighted by Crippen LogP contribution is 2.17. The highest BCUT2D eigenvalue weighted by atomic mass is 35.5. The van der Waals surface area contributed by atoms with Crippen molar-refractivity contribution in [1.29, 1.82) is 0 Å². The van der Waals surface area contributed by atoms with Gasteiger partial charge in [0.05, 0.1) is 6.42 Å². The molecule has 0 aliphatic rings. The number of hydrogen-bond acceptors (Lipinski definition) is 1. The van der Waals surface area contributed by atoms with Crippen molar-refractivity contribution in [2.24, 2.45) is 0 Å². The molecule has 2 aromatic rings. The first-order chi connectivity index (χ1) is 9.19. The molecular weight excluding hydrogens is 258 g/mol. The molecule has 0 unspecified atom stereocenters. The van der Waals surface area contributed by atoms with Gasteiger partial charge in [0.25, 0.3) is 0 Å². The molecule has 19 heavy (non-hydrogen) atoms. The van der Waals surface area contributed by atoms with Gasteiger partial charge < -0.3 is 5.32 Å². The molecule has 2 rings (SSSR count). The zero-order valence-electron chi connectivity index (χ0n) is 10.8. The number of aryl methyl sites for hydroxylation is 1. The first kappa shape index (κ1) is 13.6. The molecule has 0 heterocycles. The molecule has 0 saturated carbocycles. The van der Waals surface area contributed by atoms with Gasteiger partial charge in [-0.1, -0.05) is 48.0 Å². The van der Waals surface area contributed by atoms with Crippen LogP contribution in [0.15, 0.2) is 48.5 Å². The minimum atomic E-state index is -0.0248. The number of benzene rings is 2. The van der Waals surface area contributed by atoms with Crippen LogP contribution in [0.3, 0.4) is 0 Å². The molecule has 0 atom stereocenters. The van der Waals surface area contributed by atoms with Gasteiger partial charge in [0, 0.05) is 11.6 Å². The summed E-state index contributed by atoms with van der Waals surface area (Å²) in [6, 6.07) is 15.5. The monoisotopic (exact) mass is 273 g/mol. The quantitative estimate of drug-likeness (QED) is 0.841. The number of hydrogen-bond donors (Lipinski definition) is 1. The Bertz CT molecular complexity index is 580. The van der Waals surface area contributed by atoms with Crippen molar-refractivity contribution in [3.8, 4) is 0 Å². The molecule has 0 bridgehead atoms. The molecular formula is C16H16ClNO. The van der Waals surface area contributed by atoms with Gasteiger partial charge in [0.2, 0.25) is 5.91 Å². The van der Waals surface area contributed by atoms with Crippen molar-refractivity contribution < 1.29 is 4.79 Å². The Labute approximate surface area is 118 Å². The largest absolute Gasteiger partial charge is 0.326 e. The number of amides is 1. The number of carbonyl (C=O) groups excluding carboxylic acids is 1. The van der Waals surface area contributed by atoms with E-state index in [9.17, 15) is 4.79 Å². The summed E-state index contributed by atoms with van der Waals surface area (Å²) in [6.45, 7) is 2.02. The van der Waals surface area contributed by atoms with Crippen molar-refractivity contribution in [2.75, 3.05) is 5.32 Å². The van der Waals surface area contributed by atoms with Crippen LogP contribution in [0, 0.1) is 6.92 Å². The Morgan fingerprint density at radius 2 is 1.95 bits per heavy atom. The van der Waals surface area contributed by atoms with Crippen molar-refractivity contribution in [3.05, 3.63) is 65.2 Å². The van der Waals surface area contributed by atoms with E-state index in [2.05, 4.69) is 5.32 Å². The van der Waals surface area contributed by atoms with E-state index in [0.717, 1.165) is 22.4 Å². The number of halogens is 1. The molecule has 0 aromatic heterocycles. The SMILES string of the molecule is Cc1cccc(CC(=O)Nc2ccccc2CCl)c1. The van der Waals surface area contributed by atoms with E-state index < -0.39 is 0 Å². The fraction of sp³-hybridized carbons (Fsp3) is 0.188. The third kappa shape index (κ3) is 3.83. The molecule has 0 spiro atoms. The van der Waals surface area contributed by atoms with Crippen molar-refractivity contribution in [2.45, 2.75) is 19.2 Å². The van der Waals surface area contributed by atoms with E-state index in [1.807, 2.05) is 55.5 Å². The van der Waals surface area contributed by atoms with Gasteiger partial charge >= 0.3 is 0 Å². The molecule has 1 amide bonds. The Morgan fingerprint density at radius 1 is 1.16 bits per heavy atom. The van der Waals surface area contributed by atoms with Crippen LogP contribution in [0.2, 0.25) is 0 Å². The Morgan fingerprint density at radius 3 is 2.68 bits per heavy atom. The van der Waals surface area contributed by atoms with Crippen LogP contribution in [0.5, 0.6) is 0 Å². The summed E-state index contributed by atoms with van der Waals surface area (Å²) in [5.41, 5.74) is 3.89. The molecule has 1 N–H and O–H groups in total. The van der Waals surface area contributed by atoms with Gasteiger partial charge in [-0.05, 0) is 24.1 Å². The summed E-state index contributed by atoms with van der Waals surface area (Å²) in [5, 5.41) is 2.91. The zero-order valence-corrected chi connectivity index (χ0v) is 11.6. The van der Waals surface area contributed by atoms with Gasteiger partial charge in [-0.3, -0.25) is 4.79 Å². The van der Waals surface area contributed by atoms with Crippen molar-refractivity contribution >= 4 is 23.2 Å². The highest BCUT2D eigenvalue weighted by molar-refractivity contribution is 6.17. The smallest absolute Gasteiger partial charge is 0.228 e. The second-order valence-electron chi connectivity index (χ2n) is 4.50. The van der Waals surface area contributed by atoms with Crippen LogP contribution in [-0.4, -0.2) is 5.91 Å². The molecule has 0 aliphatic heterocycles. The Kier molecular flexibility index (Phi) is 4.58. The molecule has 0 aliphatic carbocycles. The maximum atomic E-state index is 12.0. The van der Waals surface area contributed by atoms with Crippen LogP contribution in [-0.2, 0) is 17.1 Å². The van der Waals surface area contributed by atoms with Gasteiger partial charge in [-0.15, -0.1) is 11.6 Å². The van der Waals surface area contributed by atoms with Gasteiger partial charge in [-0.2, -0.15) is 0 Å². The molecule has 0 fully saturated rings. The Hall–Kier alpha value is -1.80. The lowest BCUT2D eigenvalue weighted by atomic mass is 10.1. The third-order valence-electron chi connectivity index (χ3n) is 2.88. The summed E-state index contributed by atoms with van der Waals surface area (Å²) >= 11 is 5.85. The van der Waals surface area contributed by atoms with Crippen LogP contribution in [0.1, 0.15) is 16.7 Å². The molecule has 3 heteroatoms. The Balaban J connectivity index is 2.05. The minimum Gasteiger partial charge on any atom is -0.326 e. The van der Waals surface area contributed by atoms with Crippen LogP contribution >= 0.6 is 11.6 Å². The fourth-order valence-corrected chi connectivity index (χ4v) is 2.19. The lowest BCUT2D eigenvalue weighted by Crippen LogP contribution is -2.15.